The number of phenols is 1. The zero-order valence-corrected chi connectivity index (χ0v) is 15.6. The van der Waals surface area contributed by atoms with Crippen molar-refractivity contribution >= 4 is 29.2 Å². The molecule has 0 saturated carbocycles. The first-order valence-corrected chi connectivity index (χ1v) is 8.17. The lowest BCUT2D eigenvalue weighted by atomic mass is 10.1. The van der Waals surface area contributed by atoms with E-state index < -0.39 is 17.8 Å². The predicted octanol–water partition coefficient (Wildman–Crippen LogP) is 2.42. The molecule has 0 aliphatic carbocycles. The van der Waals surface area contributed by atoms with Gasteiger partial charge < -0.3 is 25.2 Å². The van der Waals surface area contributed by atoms with Crippen LogP contribution in [0.4, 0.5) is 11.4 Å². The summed E-state index contributed by atoms with van der Waals surface area (Å²) in [5, 5.41) is 23.7. The van der Waals surface area contributed by atoms with E-state index in [2.05, 4.69) is 15.4 Å². The molecule has 0 bridgehead atoms. The highest BCUT2D eigenvalue weighted by Crippen LogP contribution is 2.20. The van der Waals surface area contributed by atoms with Gasteiger partial charge in [-0.25, -0.2) is 9.59 Å². The van der Waals surface area contributed by atoms with Crippen molar-refractivity contribution in [3.63, 3.8) is 0 Å². The van der Waals surface area contributed by atoms with Crippen molar-refractivity contribution in [2.75, 3.05) is 24.9 Å². The lowest BCUT2D eigenvalue weighted by Crippen LogP contribution is -2.15. The fourth-order valence-electron chi connectivity index (χ4n) is 2.24. The molecule has 2 aromatic carbocycles. The largest absolute Gasteiger partial charge is 0.508 e. The quantitative estimate of drug-likeness (QED) is 0.293. The number of nitriles is 1. The molecular formula is C20H17N3O6. The van der Waals surface area contributed by atoms with E-state index in [4.69, 9.17) is 4.74 Å². The Morgan fingerprint density at radius 1 is 1.03 bits per heavy atom. The van der Waals surface area contributed by atoms with Crippen molar-refractivity contribution in [3.8, 4) is 11.8 Å². The minimum absolute atomic E-state index is 0.0292. The molecule has 0 unspecified atom stereocenters. The lowest BCUT2D eigenvalue weighted by Gasteiger charge is -2.10. The highest BCUT2D eigenvalue weighted by atomic mass is 16.5. The second-order valence-corrected chi connectivity index (χ2v) is 5.56. The van der Waals surface area contributed by atoms with Crippen LogP contribution in [-0.2, 0) is 14.3 Å². The Balaban J connectivity index is 2.29. The minimum Gasteiger partial charge on any atom is -0.508 e. The normalized spacial score (nSPS) is 10.4. The summed E-state index contributed by atoms with van der Waals surface area (Å²) < 4.78 is 9.34. The zero-order valence-electron chi connectivity index (χ0n) is 15.6. The SMILES string of the molecule is COC(=O)c1ccc(C(=O)OC)c(N/C=C(/C#N)C(=O)Nc2ccc(O)cc2)c1. The number of aromatic hydroxyl groups is 1. The molecule has 0 aliphatic rings. The van der Waals surface area contributed by atoms with E-state index >= 15 is 0 Å². The number of carbonyl (C=O) groups is 3. The van der Waals surface area contributed by atoms with Crippen LogP contribution in [0.1, 0.15) is 20.7 Å². The van der Waals surface area contributed by atoms with E-state index in [9.17, 15) is 24.8 Å². The first-order chi connectivity index (χ1) is 13.9. The van der Waals surface area contributed by atoms with Gasteiger partial charge in [-0.15, -0.1) is 0 Å². The van der Waals surface area contributed by atoms with Gasteiger partial charge in [0.1, 0.15) is 17.4 Å². The molecule has 29 heavy (non-hydrogen) atoms. The van der Waals surface area contributed by atoms with E-state index in [-0.39, 0.29) is 28.1 Å². The number of hydrogen-bond acceptors (Lipinski definition) is 8. The molecule has 2 rings (SSSR count). The van der Waals surface area contributed by atoms with E-state index in [0.29, 0.717) is 5.69 Å². The summed E-state index contributed by atoms with van der Waals surface area (Å²) in [6, 6.07) is 11.5. The molecule has 9 nitrogen and oxygen atoms in total. The van der Waals surface area contributed by atoms with Crippen molar-refractivity contribution in [2.24, 2.45) is 0 Å². The number of nitrogens with zero attached hydrogens (tertiary/aromatic N) is 1. The van der Waals surface area contributed by atoms with Crippen molar-refractivity contribution in [3.05, 3.63) is 65.4 Å². The Morgan fingerprint density at radius 3 is 2.28 bits per heavy atom. The number of phenolic OH excluding ortho intramolecular Hbond substituents is 1. The smallest absolute Gasteiger partial charge is 0.339 e. The molecule has 0 fully saturated rings. The van der Waals surface area contributed by atoms with Crippen LogP contribution < -0.4 is 10.6 Å². The number of esters is 2. The number of carbonyl (C=O) groups excluding carboxylic acids is 3. The first kappa shape index (κ1) is 21.0. The highest BCUT2D eigenvalue weighted by Gasteiger charge is 2.16. The van der Waals surface area contributed by atoms with Gasteiger partial charge in [0.2, 0.25) is 0 Å². The molecule has 2 aromatic rings. The number of ether oxygens (including phenoxy) is 2. The number of amides is 1. The summed E-state index contributed by atoms with van der Waals surface area (Å²) in [5.74, 6) is -1.99. The van der Waals surface area contributed by atoms with Crippen molar-refractivity contribution < 1.29 is 29.0 Å². The summed E-state index contributed by atoms with van der Waals surface area (Å²) >= 11 is 0. The topological polar surface area (TPSA) is 138 Å². The first-order valence-electron chi connectivity index (χ1n) is 8.17. The average Bonchev–Trinajstić information content (AvgIpc) is 2.74. The van der Waals surface area contributed by atoms with Crippen molar-refractivity contribution in [2.45, 2.75) is 0 Å². The third-order valence-electron chi connectivity index (χ3n) is 3.71. The summed E-state index contributed by atoms with van der Waals surface area (Å²) in [6.45, 7) is 0. The summed E-state index contributed by atoms with van der Waals surface area (Å²) in [5.41, 5.74) is 0.468. The Hall–Kier alpha value is -4.32. The molecule has 0 spiro atoms. The van der Waals surface area contributed by atoms with Crippen LogP contribution in [-0.4, -0.2) is 37.2 Å². The number of hydrogen-bond donors (Lipinski definition) is 3. The number of rotatable bonds is 6. The number of methoxy groups -OCH3 is 2. The van der Waals surface area contributed by atoms with Crippen LogP contribution in [0.3, 0.4) is 0 Å². The van der Waals surface area contributed by atoms with E-state index in [0.717, 1.165) is 6.20 Å². The molecule has 0 aliphatic heterocycles. The molecule has 0 atom stereocenters. The number of benzene rings is 2. The van der Waals surface area contributed by atoms with Crippen LogP contribution in [0.5, 0.6) is 5.75 Å². The van der Waals surface area contributed by atoms with Gasteiger partial charge in [0, 0.05) is 11.9 Å². The molecule has 0 aromatic heterocycles. The molecule has 0 saturated heterocycles. The highest BCUT2D eigenvalue weighted by molar-refractivity contribution is 6.07. The maximum Gasteiger partial charge on any atom is 0.339 e. The van der Waals surface area contributed by atoms with Crippen molar-refractivity contribution in [1.82, 2.24) is 0 Å². The molecule has 3 N–H and O–H groups in total. The molecule has 0 radical (unpaired) electrons. The van der Waals surface area contributed by atoms with Crippen LogP contribution in [0.2, 0.25) is 0 Å². The van der Waals surface area contributed by atoms with E-state index in [1.807, 2.05) is 0 Å². The Kier molecular flexibility index (Phi) is 6.92. The molecule has 0 heterocycles. The fraction of sp³-hybridized carbons (Fsp3) is 0.100. The van der Waals surface area contributed by atoms with Crippen LogP contribution >= 0.6 is 0 Å². The number of anilines is 2. The maximum atomic E-state index is 12.3. The average molecular weight is 395 g/mol. The lowest BCUT2D eigenvalue weighted by molar-refractivity contribution is -0.112. The maximum absolute atomic E-state index is 12.3. The second kappa shape index (κ2) is 9.57. The van der Waals surface area contributed by atoms with Gasteiger partial charge in [0.15, 0.2) is 0 Å². The molecule has 148 valence electrons. The molecule has 1 amide bonds. The number of nitrogens with one attached hydrogen (secondary N) is 2. The Morgan fingerprint density at radius 2 is 1.69 bits per heavy atom. The van der Waals surface area contributed by atoms with Crippen LogP contribution in [0.25, 0.3) is 0 Å². The third kappa shape index (κ3) is 5.33. The van der Waals surface area contributed by atoms with E-state index in [1.165, 1.54) is 56.7 Å². The van der Waals surface area contributed by atoms with Crippen LogP contribution in [0.15, 0.2) is 54.2 Å². The molecular weight excluding hydrogens is 378 g/mol. The van der Waals surface area contributed by atoms with Gasteiger partial charge >= 0.3 is 11.9 Å². The monoisotopic (exact) mass is 395 g/mol. The zero-order chi connectivity index (χ0) is 21.4. The third-order valence-corrected chi connectivity index (χ3v) is 3.71. The Labute approximate surface area is 166 Å². The van der Waals surface area contributed by atoms with Gasteiger partial charge in [-0.05, 0) is 42.5 Å². The van der Waals surface area contributed by atoms with Crippen molar-refractivity contribution in [1.29, 1.82) is 5.26 Å². The van der Waals surface area contributed by atoms with Gasteiger partial charge in [-0.1, -0.05) is 0 Å². The Bertz CT molecular complexity index is 1010. The fourth-order valence-corrected chi connectivity index (χ4v) is 2.24. The summed E-state index contributed by atoms with van der Waals surface area (Å²) in [4.78, 5) is 35.9. The van der Waals surface area contributed by atoms with E-state index in [1.54, 1.807) is 6.07 Å². The van der Waals surface area contributed by atoms with Crippen LogP contribution in [0, 0.1) is 11.3 Å². The van der Waals surface area contributed by atoms with Gasteiger partial charge in [-0.3, -0.25) is 4.79 Å². The summed E-state index contributed by atoms with van der Waals surface area (Å²) in [7, 11) is 2.41. The minimum atomic E-state index is -0.713. The van der Waals surface area contributed by atoms with Gasteiger partial charge in [0.25, 0.3) is 5.91 Å². The standard InChI is InChI=1S/C20H17N3O6/c1-28-19(26)12-3-8-16(20(27)29-2)17(9-12)22-11-13(10-21)18(25)23-14-4-6-15(24)7-5-14/h3-9,11,22,24H,1-2H3,(H,23,25)/b13-11-. The summed E-state index contributed by atoms with van der Waals surface area (Å²) in [6.07, 6.45) is 1.10. The second-order valence-electron chi connectivity index (χ2n) is 5.56. The van der Waals surface area contributed by atoms with Gasteiger partial charge in [0.05, 0.1) is 31.0 Å². The van der Waals surface area contributed by atoms with Gasteiger partial charge in [-0.2, -0.15) is 5.26 Å². The predicted molar refractivity (Wildman–Crippen MR) is 103 cm³/mol. The molecule has 9 heteroatoms.